The summed E-state index contributed by atoms with van der Waals surface area (Å²) in [5.41, 5.74) is -0.777. The summed E-state index contributed by atoms with van der Waals surface area (Å²) in [6.45, 7) is 1.33. The molecule has 174 valence electrons. The Balaban J connectivity index is 0.00000149. The lowest BCUT2D eigenvalue weighted by atomic mass is 10.1. The first-order chi connectivity index (χ1) is 15.9. The van der Waals surface area contributed by atoms with Gasteiger partial charge in [-0.3, -0.25) is 18.5 Å². The van der Waals surface area contributed by atoms with Crippen LogP contribution < -0.4 is 20.7 Å². The quantitative estimate of drug-likeness (QED) is 0.586. The maximum Gasteiger partial charge on any atom is 0.328 e. The van der Waals surface area contributed by atoms with Crippen LogP contribution in [-0.2, 0) is 18.2 Å². The van der Waals surface area contributed by atoms with Gasteiger partial charge in [-0.25, -0.2) is 17.7 Å². The monoisotopic (exact) mass is 477 g/mol. The zero-order chi connectivity index (χ0) is 24.1. The smallest absolute Gasteiger partial charge is 0.328 e. The summed E-state index contributed by atoms with van der Waals surface area (Å²) in [5, 5.41) is 9.79. The number of aromatic nitrogens is 2. The Morgan fingerprint density at radius 1 is 1.18 bits per heavy atom. The first-order valence-electron chi connectivity index (χ1n) is 9.84. The summed E-state index contributed by atoms with van der Waals surface area (Å²) in [4.78, 5) is 26.6. The van der Waals surface area contributed by atoms with Crippen LogP contribution in [0, 0.1) is 17.1 Å². The molecule has 0 radical (unpaired) electrons. The van der Waals surface area contributed by atoms with E-state index in [1.54, 1.807) is 4.31 Å². The number of nitrogens with zero attached hydrogens (tertiary/aromatic N) is 3. The molecule has 0 saturated carbocycles. The molecule has 0 amide bonds. The van der Waals surface area contributed by atoms with Crippen molar-refractivity contribution >= 4 is 27.8 Å². The average molecular weight is 477 g/mol. The van der Waals surface area contributed by atoms with E-state index < -0.39 is 28.2 Å². The number of rotatable bonds is 5. The molecule has 2 aromatic carbocycles. The minimum atomic E-state index is -1.57. The van der Waals surface area contributed by atoms with Gasteiger partial charge >= 0.3 is 5.69 Å². The number of alkyl halides is 1. The van der Waals surface area contributed by atoms with Crippen molar-refractivity contribution in [2.24, 2.45) is 7.05 Å². The molecule has 12 heteroatoms. The molecule has 1 fully saturated rings. The van der Waals surface area contributed by atoms with Crippen LogP contribution in [0.1, 0.15) is 18.4 Å². The highest BCUT2D eigenvalue weighted by Gasteiger charge is 2.22. The molecule has 1 aliphatic heterocycles. The van der Waals surface area contributed by atoms with Crippen LogP contribution in [0.25, 0.3) is 10.9 Å². The Hall–Kier alpha value is -3.56. The summed E-state index contributed by atoms with van der Waals surface area (Å²) < 4.78 is 47.5. The molecule has 2 heterocycles. The number of hydrogen-bond acceptors (Lipinski definition) is 5. The van der Waals surface area contributed by atoms with Gasteiger partial charge in [-0.05, 0) is 43.2 Å². The van der Waals surface area contributed by atoms with Gasteiger partial charge in [-0.15, -0.1) is 0 Å². The maximum atomic E-state index is 14.5. The molecule has 1 saturated heterocycles. The number of halogens is 2. The van der Waals surface area contributed by atoms with Crippen LogP contribution in [0.4, 0.5) is 14.5 Å². The largest absolute Gasteiger partial charge is 0.453 e. The second-order valence-corrected chi connectivity index (χ2v) is 8.22. The Morgan fingerprint density at radius 3 is 2.55 bits per heavy atom. The van der Waals surface area contributed by atoms with Crippen molar-refractivity contribution in [1.82, 2.24) is 13.9 Å². The van der Waals surface area contributed by atoms with E-state index in [1.165, 1.54) is 31.3 Å². The van der Waals surface area contributed by atoms with Gasteiger partial charge < -0.3 is 9.72 Å². The van der Waals surface area contributed by atoms with Crippen molar-refractivity contribution in [1.29, 1.82) is 5.26 Å². The molecule has 33 heavy (non-hydrogen) atoms. The van der Waals surface area contributed by atoms with Gasteiger partial charge in [0.2, 0.25) is 0 Å². The number of fused-ring (bicyclic) bond motifs is 1. The van der Waals surface area contributed by atoms with E-state index in [2.05, 4.69) is 9.71 Å². The van der Waals surface area contributed by atoms with Crippen molar-refractivity contribution < 1.29 is 17.7 Å². The van der Waals surface area contributed by atoms with Gasteiger partial charge in [-0.1, -0.05) is 0 Å². The standard InChI is InChI=1S/C20H18FN5O4S.CH3F/c1-25-19(27)13-10-12(4-6-16(13)23-20(25)28)30-18-14(11-22)17(7-5-15(18)21)24-31(29)26-8-2-3-9-26;1-2/h4-7,10,24H,2-3,8-9H2,1H3,(H,23,28);1H3. The number of anilines is 1. The van der Waals surface area contributed by atoms with Gasteiger partial charge in [0, 0.05) is 20.1 Å². The highest BCUT2D eigenvalue weighted by Crippen LogP contribution is 2.34. The van der Waals surface area contributed by atoms with Gasteiger partial charge in [0.15, 0.2) is 22.7 Å². The minimum absolute atomic E-state index is 0.102. The van der Waals surface area contributed by atoms with E-state index in [0.29, 0.717) is 25.8 Å². The van der Waals surface area contributed by atoms with Crippen LogP contribution in [0.15, 0.2) is 39.9 Å². The lowest BCUT2D eigenvalue weighted by Crippen LogP contribution is -2.32. The lowest BCUT2D eigenvalue weighted by molar-refractivity contribution is 0.441. The summed E-state index contributed by atoms with van der Waals surface area (Å²) in [5.74, 6) is -1.04. The van der Waals surface area contributed by atoms with Crippen LogP contribution in [0.2, 0.25) is 0 Å². The molecule has 0 spiro atoms. The topological polar surface area (TPSA) is 120 Å². The lowest BCUT2D eigenvalue weighted by Gasteiger charge is -2.17. The highest BCUT2D eigenvalue weighted by atomic mass is 32.2. The van der Waals surface area contributed by atoms with Gasteiger partial charge in [0.25, 0.3) is 5.56 Å². The molecule has 1 aromatic heterocycles. The first-order valence-corrected chi connectivity index (χ1v) is 10.9. The van der Waals surface area contributed by atoms with Crippen LogP contribution in [-0.4, -0.2) is 38.3 Å². The van der Waals surface area contributed by atoms with Crippen LogP contribution >= 0.6 is 0 Å². The first kappa shape index (κ1) is 24.1. The summed E-state index contributed by atoms with van der Waals surface area (Å²) in [7, 11) is 1.83. The van der Waals surface area contributed by atoms with Gasteiger partial charge in [0.1, 0.15) is 17.4 Å². The van der Waals surface area contributed by atoms with E-state index in [0.717, 1.165) is 23.5 Å². The number of ether oxygens (including phenoxy) is 1. The van der Waals surface area contributed by atoms with Crippen LogP contribution in [0.5, 0.6) is 11.5 Å². The van der Waals surface area contributed by atoms with E-state index in [-0.39, 0.29) is 28.1 Å². The van der Waals surface area contributed by atoms with Crippen molar-refractivity contribution in [2.45, 2.75) is 12.8 Å². The predicted octanol–water partition coefficient (Wildman–Crippen LogP) is 2.70. The number of aromatic amines is 1. The zero-order valence-electron chi connectivity index (χ0n) is 17.9. The zero-order valence-corrected chi connectivity index (χ0v) is 18.7. The van der Waals surface area contributed by atoms with E-state index in [9.17, 15) is 27.8 Å². The number of hydrogen-bond donors (Lipinski definition) is 2. The number of benzene rings is 2. The van der Waals surface area contributed by atoms with Crippen LogP contribution in [0.3, 0.4) is 0 Å². The Labute approximate surface area is 189 Å². The summed E-state index contributed by atoms with van der Waals surface area (Å²) >= 11 is -1.57. The normalized spacial score (nSPS) is 14.3. The second kappa shape index (κ2) is 10.4. The molecule has 1 unspecified atom stereocenters. The molecule has 0 aliphatic carbocycles. The molecule has 4 rings (SSSR count). The number of H-pyrrole nitrogens is 1. The van der Waals surface area contributed by atoms with Gasteiger partial charge in [0.05, 0.1) is 23.8 Å². The summed E-state index contributed by atoms with van der Waals surface area (Å²) in [6.07, 6.45) is 1.87. The molecule has 2 N–H and O–H groups in total. The fraction of sp³-hybridized carbons (Fsp3) is 0.286. The maximum absolute atomic E-state index is 14.5. The second-order valence-electron chi connectivity index (χ2n) is 7.00. The Bertz CT molecular complexity index is 1360. The third-order valence-electron chi connectivity index (χ3n) is 5.01. The van der Waals surface area contributed by atoms with Crippen molar-refractivity contribution in [3.8, 4) is 17.6 Å². The summed E-state index contributed by atoms with van der Waals surface area (Å²) in [6, 6.07) is 8.59. The molecular formula is C21H21F2N5O4S. The molecule has 9 nitrogen and oxygen atoms in total. The molecule has 1 atom stereocenters. The third-order valence-corrected chi connectivity index (χ3v) is 6.24. The molecule has 1 aliphatic rings. The number of nitriles is 1. The minimum Gasteiger partial charge on any atom is -0.453 e. The van der Waals surface area contributed by atoms with Crippen molar-refractivity contribution in [3.05, 3.63) is 62.6 Å². The van der Waals surface area contributed by atoms with E-state index in [1.807, 2.05) is 6.07 Å². The highest BCUT2D eigenvalue weighted by molar-refractivity contribution is 7.84. The number of nitrogens with one attached hydrogen (secondary N) is 2. The molecule has 0 bridgehead atoms. The molecular weight excluding hydrogens is 456 g/mol. The van der Waals surface area contributed by atoms with E-state index >= 15 is 0 Å². The fourth-order valence-corrected chi connectivity index (χ4v) is 4.41. The third kappa shape index (κ3) is 4.94. The average Bonchev–Trinajstić information content (AvgIpc) is 3.37. The Morgan fingerprint density at radius 2 is 1.88 bits per heavy atom. The Kier molecular flexibility index (Phi) is 7.57. The SMILES string of the molecule is CF.Cn1c(=O)[nH]c2ccc(Oc3c(F)ccc(NS(=O)N4CCCC4)c3C#N)cc2c1=O. The van der Waals surface area contributed by atoms with Crippen molar-refractivity contribution in [2.75, 3.05) is 25.0 Å². The van der Waals surface area contributed by atoms with Gasteiger partial charge in [-0.2, -0.15) is 5.26 Å². The molecule has 3 aromatic rings. The predicted molar refractivity (Wildman–Crippen MR) is 121 cm³/mol. The van der Waals surface area contributed by atoms with Crippen molar-refractivity contribution in [3.63, 3.8) is 0 Å². The fourth-order valence-electron chi connectivity index (χ4n) is 3.33. The van der Waals surface area contributed by atoms with E-state index in [4.69, 9.17) is 4.74 Å².